The third-order valence-electron chi connectivity index (χ3n) is 2.20. The summed E-state index contributed by atoms with van der Waals surface area (Å²) < 4.78 is 0. The standard InChI is InChI=1S/C9H18N2/c1-10-9-5-2-3-7-11-8-4-6-9/h11H,2-8H2,1H3. The summed E-state index contributed by atoms with van der Waals surface area (Å²) in [6.45, 7) is 2.36. The lowest BCUT2D eigenvalue weighted by Gasteiger charge is -2.00. The van der Waals surface area contributed by atoms with E-state index in [4.69, 9.17) is 0 Å². The molecule has 1 N–H and O–H groups in total. The maximum absolute atomic E-state index is 4.28. The minimum atomic E-state index is 1.17. The van der Waals surface area contributed by atoms with Crippen molar-refractivity contribution in [1.82, 2.24) is 5.32 Å². The minimum Gasteiger partial charge on any atom is -0.317 e. The minimum absolute atomic E-state index is 1.17. The Kier molecular flexibility index (Phi) is 4.21. The number of nitrogens with zero attached hydrogens (tertiary/aromatic N) is 1. The van der Waals surface area contributed by atoms with Crippen LogP contribution in [0.15, 0.2) is 4.99 Å². The van der Waals surface area contributed by atoms with Crippen molar-refractivity contribution >= 4 is 5.71 Å². The molecule has 1 saturated heterocycles. The molecule has 2 nitrogen and oxygen atoms in total. The zero-order chi connectivity index (χ0) is 7.94. The van der Waals surface area contributed by atoms with E-state index >= 15 is 0 Å². The number of hydrogen-bond acceptors (Lipinski definition) is 2. The topological polar surface area (TPSA) is 24.4 Å². The van der Waals surface area contributed by atoms with Gasteiger partial charge in [-0.05, 0) is 45.2 Å². The van der Waals surface area contributed by atoms with Crippen LogP contribution in [0.5, 0.6) is 0 Å². The molecule has 0 amide bonds. The molecule has 1 fully saturated rings. The molecule has 1 heterocycles. The first-order chi connectivity index (χ1) is 5.43. The zero-order valence-electron chi connectivity index (χ0n) is 7.40. The van der Waals surface area contributed by atoms with E-state index < -0.39 is 0 Å². The second kappa shape index (κ2) is 5.30. The summed E-state index contributed by atoms with van der Waals surface area (Å²) in [5.74, 6) is 0. The van der Waals surface area contributed by atoms with Crippen LogP contribution in [0.2, 0.25) is 0 Å². The molecule has 0 bridgehead atoms. The average molecular weight is 154 g/mol. The molecular formula is C9H18N2. The van der Waals surface area contributed by atoms with Gasteiger partial charge in [0.15, 0.2) is 0 Å². The van der Waals surface area contributed by atoms with Crippen LogP contribution in [-0.4, -0.2) is 25.8 Å². The van der Waals surface area contributed by atoms with E-state index in [0.29, 0.717) is 0 Å². The van der Waals surface area contributed by atoms with E-state index in [1.54, 1.807) is 0 Å². The molecule has 11 heavy (non-hydrogen) atoms. The lowest BCUT2D eigenvalue weighted by Crippen LogP contribution is -2.15. The Morgan fingerprint density at radius 3 is 2.64 bits per heavy atom. The van der Waals surface area contributed by atoms with Gasteiger partial charge in [0, 0.05) is 12.8 Å². The van der Waals surface area contributed by atoms with E-state index in [1.165, 1.54) is 50.9 Å². The Hall–Kier alpha value is -0.370. The van der Waals surface area contributed by atoms with Crippen molar-refractivity contribution in [2.45, 2.75) is 32.1 Å². The predicted octanol–water partition coefficient (Wildman–Crippen LogP) is 1.61. The number of hydrogen-bond donors (Lipinski definition) is 1. The first kappa shape index (κ1) is 8.72. The van der Waals surface area contributed by atoms with Gasteiger partial charge in [0.05, 0.1) is 0 Å². The van der Waals surface area contributed by atoms with Crippen molar-refractivity contribution in [2.75, 3.05) is 20.1 Å². The van der Waals surface area contributed by atoms with Crippen LogP contribution in [-0.2, 0) is 0 Å². The molecule has 1 aliphatic heterocycles. The van der Waals surface area contributed by atoms with Crippen LogP contribution in [0, 0.1) is 0 Å². The molecule has 0 radical (unpaired) electrons. The predicted molar refractivity (Wildman–Crippen MR) is 49.3 cm³/mol. The van der Waals surface area contributed by atoms with Gasteiger partial charge in [-0.1, -0.05) is 0 Å². The second-order valence-corrected chi connectivity index (χ2v) is 3.10. The van der Waals surface area contributed by atoms with E-state index in [-0.39, 0.29) is 0 Å². The van der Waals surface area contributed by atoms with E-state index in [9.17, 15) is 0 Å². The van der Waals surface area contributed by atoms with Gasteiger partial charge in [-0.15, -0.1) is 0 Å². The van der Waals surface area contributed by atoms with Gasteiger partial charge < -0.3 is 5.32 Å². The van der Waals surface area contributed by atoms with Crippen LogP contribution in [0.1, 0.15) is 32.1 Å². The van der Waals surface area contributed by atoms with Crippen molar-refractivity contribution in [3.05, 3.63) is 0 Å². The fraction of sp³-hybridized carbons (Fsp3) is 0.889. The Balaban J connectivity index is 2.31. The SMILES string of the molecule is CN=C1CCCCNCCC1. The Bertz CT molecular complexity index is 118. The van der Waals surface area contributed by atoms with Gasteiger partial charge in [0.25, 0.3) is 0 Å². The molecule has 2 heteroatoms. The fourth-order valence-corrected chi connectivity index (χ4v) is 1.47. The Morgan fingerprint density at radius 2 is 1.82 bits per heavy atom. The molecule has 0 atom stereocenters. The van der Waals surface area contributed by atoms with Crippen molar-refractivity contribution in [2.24, 2.45) is 4.99 Å². The molecule has 0 aliphatic carbocycles. The van der Waals surface area contributed by atoms with E-state index in [0.717, 1.165) is 0 Å². The van der Waals surface area contributed by atoms with Crippen molar-refractivity contribution in [3.63, 3.8) is 0 Å². The molecule has 0 spiro atoms. The van der Waals surface area contributed by atoms with Crippen LogP contribution < -0.4 is 5.32 Å². The summed E-state index contributed by atoms with van der Waals surface area (Å²) in [5.41, 5.74) is 1.41. The molecule has 0 unspecified atom stereocenters. The van der Waals surface area contributed by atoms with Crippen LogP contribution in [0.4, 0.5) is 0 Å². The first-order valence-corrected chi connectivity index (χ1v) is 4.59. The summed E-state index contributed by atoms with van der Waals surface area (Å²) in [6.07, 6.45) is 6.28. The maximum Gasteiger partial charge on any atom is 0.0276 e. The summed E-state index contributed by atoms with van der Waals surface area (Å²) >= 11 is 0. The van der Waals surface area contributed by atoms with Gasteiger partial charge in [0.2, 0.25) is 0 Å². The molecule has 1 aliphatic rings. The molecule has 0 aromatic rings. The molecular weight excluding hydrogens is 136 g/mol. The molecule has 64 valence electrons. The van der Waals surface area contributed by atoms with Gasteiger partial charge >= 0.3 is 0 Å². The van der Waals surface area contributed by atoms with Crippen molar-refractivity contribution < 1.29 is 0 Å². The highest BCUT2D eigenvalue weighted by atomic mass is 14.8. The normalized spacial score (nSPS) is 25.7. The summed E-state index contributed by atoms with van der Waals surface area (Å²) in [4.78, 5) is 4.28. The van der Waals surface area contributed by atoms with Gasteiger partial charge in [-0.25, -0.2) is 0 Å². The zero-order valence-corrected chi connectivity index (χ0v) is 7.40. The number of aliphatic imine (C=N–C) groups is 1. The Labute approximate surface area is 69.1 Å². The number of rotatable bonds is 0. The van der Waals surface area contributed by atoms with Gasteiger partial charge in [0.1, 0.15) is 0 Å². The first-order valence-electron chi connectivity index (χ1n) is 4.59. The van der Waals surface area contributed by atoms with E-state index in [2.05, 4.69) is 10.3 Å². The summed E-state index contributed by atoms with van der Waals surface area (Å²) in [6, 6.07) is 0. The summed E-state index contributed by atoms with van der Waals surface area (Å²) in [5, 5.41) is 3.42. The van der Waals surface area contributed by atoms with Crippen molar-refractivity contribution in [1.29, 1.82) is 0 Å². The van der Waals surface area contributed by atoms with E-state index in [1.807, 2.05) is 7.05 Å². The van der Waals surface area contributed by atoms with Crippen molar-refractivity contribution in [3.8, 4) is 0 Å². The molecule has 0 saturated carbocycles. The monoisotopic (exact) mass is 154 g/mol. The third-order valence-corrected chi connectivity index (χ3v) is 2.20. The van der Waals surface area contributed by atoms with Gasteiger partial charge in [-0.3, -0.25) is 4.99 Å². The average Bonchev–Trinajstić information content (AvgIpc) is 2.16. The maximum atomic E-state index is 4.28. The van der Waals surface area contributed by atoms with Crippen LogP contribution in [0.25, 0.3) is 0 Å². The van der Waals surface area contributed by atoms with Gasteiger partial charge in [-0.2, -0.15) is 0 Å². The summed E-state index contributed by atoms with van der Waals surface area (Å²) in [7, 11) is 1.92. The highest BCUT2D eigenvalue weighted by molar-refractivity contribution is 5.84. The third kappa shape index (κ3) is 3.51. The lowest BCUT2D eigenvalue weighted by molar-refractivity contribution is 0.633. The molecule has 0 aromatic heterocycles. The highest BCUT2D eigenvalue weighted by Gasteiger charge is 2.01. The Morgan fingerprint density at radius 1 is 1.09 bits per heavy atom. The molecule has 1 rings (SSSR count). The van der Waals surface area contributed by atoms with Crippen LogP contribution >= 0.6 is 0 Å². The second-order valence-electron chi connectivity index (χ2n) is 3.10. The van der Waals surface area contributed by atoms with Crippen LogP contribution in [0.3, 0.4) is 0 Å². The number of nitrogens with one attached hydrogen (secondary N) is 1. The smallest absolute Gasteiger partial charge is 0.0276 e. The fourth-order valence-electron chi connectivity index (χ4n) is 1.47. The molecule has 0 aromatic carbocycles. The quantitative estimate of drug-likeness (QED) is 0.563. The highest BCUT2D eigenvalue weighted by Crippen LogP contribution is 2.04. The largest absolute Gasteiger partial charge is 0.317 e. The lowest BCUT2D eigenvalue weighted by atomic mass is 10.1.